The lowest BCUT2D eigenvalue weighted by Crippen LogP contribution is -2.12. The summed E-state index contributed by atoms with van der Waals surface area (Å²) in [6, 6.07) is 90.7. The van der Waals surface area contributed by atoms with Crippen molar-refractivity contribution in [2.45, 2.75) is 0 Å². The van der Waals surface area contributed by atoms with Gasteiger partial charge in [-0.3, -0.25) is 0 Å². The summed E-state index contributed by atoms with van der Waals surface area (Å²) in [6.07, 6.45) is 0. The number of hydrogen-bond donors (Lipinski definition) is 0. The van der Waals surface area contributed by atoms with Gasteiger partial charge in [-0.25, -0.2) is 0 Å². The van der Waals surface area contributed by atoms with E-state index in [0.29, 0.717) is 0 Å². The third-order valence-corrected chi connectivity index (χ3v) is 12.0. The zero-order chi connectivity index (χ0) is 40.5. The second-order valence-corrected chi connectivity index (χ2v) is 15.7. The summed E-state index contributed by atoms with van der Waals surface area (Å²) in [5.41, 5.74) is 15.1. The first-order chi connectivity index (χ1) is 30.2. The molecule has 0 saturated carbocycles. The first-order valence-electron chi connectivity index (χ1n) is 21.0. The molecule has 0 unspecified atom stereocenters. The lowest BCUT2D eigenvalue weighted by molar-refractivity contribution is 1.30. The maximum atomic E-state index is 2.50. The predicted molar refractivity (Wildman–Crippen MR) is 261 cm³/mol. The van der Waals surface area contributed by atoms with Gasteiger partial charge in [0.25, 0.3) is 0 Å². The zero-order valence-electron chi connectivity index (χ0n) is 33.6. The van der Waals surface area contributed by atoms with Crippen molar-refractivity contribution in [2.24, 2.45) is 0 Å². The lowest BCUT2D eigenvalue weighted by Gasteiger charge is -2.30. The van der Waals surface area contributed by atoms with Crippen LogP contribution >= 0.6 is 0 Å². The van der Waals surface area contributed by atoms with Gasteiger partial charge in [0.1, 0.15) is 0 Å². The quantitative estimate of drug-likeness (QED) is 0.139. The molecule has 0 aromatic heterocycles. The molecule has 0 saturated heterocycles. The molecule has 0 N–H and O–H groups in total. The highest BCUT2D eigenvalue weighted by Crippen LogP contribution is 2.48. The number of hydrogen-bond acceptors (Lipinski definition) is 1. The van der Waals surface area contributed by atoms with Crippen molar-refractivity contribution >= 4 is 49.4 Å². The topological polar surface area (TPSA) is 3.24 Å². The largest absolute Gasteiger partial charge is 0.309 e. The summed E-state index contributed by atoms with van der Waals surface area (Å²) in [5.74, 6) is 0. The van der Waals surface area contributed by atoms with Gasteiger partial charge in [-0.2, -0.15) is 0 Å². The highest BCUT2D eigenvalue weighted by atomic mass is 15.1. The Morgan fingerprint density at radius 1 is 0.213 bits per heavy atom. The highest BCUT2D eigenvalue weighted by molar-refractivity contribution is 6.15. The number of benzene rings is 11. The van der Waals surface area contributed by atoms with E-state index >= 15 is 0 Å². The van der Waals surface area contributed by atoms with Crippen LogP contribution in [-0.4, -0.2) is 0 Å². The molecule has 0 radical (unpaired) electrons. The van der Waals surface area contributed by atoms with Crippen LogP contribution in [0.5, 0.6) is 0 Å². The summed E-state index contributed by atoms with van der Waals surface area (Å²) in [7, 11) is 0. The minimum absolute atomic E-state index is 1.08. The van der Waals surface area contributed by atoms with Crippen molar-refractivity contribution in [1.29, 1.82) is 0 Å². The first kappa shape index (κ1) is 36.1. The van der Waals surface area contributed by atoms with Gasteiger partial charge >= 0.3 is 0 Å². The van der Waals surface area contributed by atoms with Gasteiger partial charge < -0.3 is 4.90 Å². The molecule has 286 valence electrons. The normalized spacial score (nSPS) is 11.3. The van der Waals surface area contributed by atoms with Crippen molar-refractivity contribution < 1.29 is 0 Å². The molecule has 0 heterocycles. The molecular weight excluding hydrogens is 735 g/mol. The minimum atomic E-state index is 1.08. The van der Waals surface area contributed by atoms with E-state index in [0.717, 1.165) is 33.8 Å². The Morgan fingerprint density at radius 3 is 1.36 bits per heavy atom. The van der Waals surface area contributed by atoms with E-state index in [2.05, 4.69) is 254 Å². The summed E-state index contributed by atoms with van der Waals surface area (Å²) in [5, 5.41) is 7.36. The second kappa shape index (κ2) is 15.6. The molecule has 0 fully saturated rings. The molecule has 61 heavy (non-hydrogen) atoms. The average Bonchev–Trinajstić information content (AvgIpc) is 3.35. The molecule has 0 atom stereocenters. The minimum Gasteiger partial charge on any atom is -0.309 e. The van der Waals surface area contributed by atoms with Gasteiger partial charge in [0.15, 0.2) is 0 Å². The van der Waals surface area contributed by atoms with Crippen LogP contribution < -0.4 is 4.90 Å². The fraction of sp³-hybridized carbons (Fsp3) is 0. The Balaban J connectivity index is 1.20. The van der Waals surface area contributed by atoms with E-state index < -0.39 is 0 Å². The van der Waals surface area contributed by atoms with Crippen LogP contribution in [0.15, 0.2) is 249 Å². The Hall–Kier alpha value is -8.00. The van der Waals surface area contributed by atoms with Crippen LogP contribution in [0.2, 0.25) is 0 Å². The second-order valence-electron chi connectivity index (χ2n) is 15.7. The molecule has 1 heteroatoms. The standard InChI is InChI=1S/C60H41N/c1-4-17-42(18-5-1)47-33-36-56(51-38-49(43-19-6-2-7-20-43)37-50(39-51)44-21-8-3-9-22-44)59(40-47)61(60-41-48-24-11-13-27-55(48)57-28-14-15-29-58(57)60)52-34-31-46(32-35-52)54-30-16-25-45-23-10-12-26-53(45)54/h1-41H. The first-order valence-corrected chi connectivity index (χ1v) is 21.0. The Bertz CT molecular complexity index is 3270. The van der Waals surface area contributed by atoms with Crippen LogP contribution in [0.25, 0.3) is 88.0 Å². The molecule has 0 aliphatic rings. The molecule has 11 rings (SSSR count). The van der Waals surface area contributed by atoms with Gasteiger partial charge in [0, 0.05) is 16.6 Å². The van der Waals surface area contributed by atoms with Crippen LogP contribution in [0.3, 0.4) is 0 Å². The molecule has 0 spiro atoms. The van der Waals surface area contributed by atoms with Crippen molar-refractivity contribution in [2.75, 3.05) is 4.90 Å². The summed E-state index contributed by atoms with van der Waals surface area (Å²) < 4.78 is 0. The Morgan fingerprint density at radius 2 is 0.705 bits per heavy atom. The zero-order valence-corrected chi connectivity index (χ0v) is 33.6. The van der Waals surface area contributed by atoms with E-state index in [4.69, 9.17) is 0 Å². The third kappa shape index (κ3) is 6.83. The van der Waals surface area contributed by atoms with Crippen molar-refractivity contribution in [3.8, 4) is 55.6 Å². The maximum Gasteiger partial charge on any atom is 0.0546 e. The van der Waals surface area contributed by atoms with E-state index in [1.807, 2.05) is 0 Å². The summed E-state index contributed by atoms with van der Waals surface area (Å²) >= 11 is 0. The van der Waals surface area contributed by atoms with Gasteiger partial charge in [-0.15, -0.1) is 0 Å². The van der Waals surface area contributed by atoms with Gasteiger partial charge in [-0.1, -0.05) is 206 Å². The molecule has 0 bridgehead atoms. The van der Waals surface area contributed by atoms with Crippen LogP contribution in [0.1, 0.15) is 0 Å². The van der Waals surface area contributed by atoms with Crippen molar-refractivity contribution in [3.05, 3.63) is 249 Å². The average molecular weight is 776 g/mol. The monoisotopic (exact) mass is 775 g/mol. The molecule has 0 aliphatic heterocycles. The lowest BCUT2D eigenvalue weighted by atomic mass is 9.90. The number of fused-ring (bicyclic) bond motifs is 4. The Kier molecular flexibility index (Phi) is 9.26. The van der Waals surface area contributed by atoms with E-state index in [9.17, 15) is 0 Å². The number of rotatable bonds is 8. The molecule has 1 nitrogen and oxygen atoms in total. The highest BCUT2D eigenvalue weighted by Gasteiger charge is 2.23. The van der Waals surface area contributed by atoms with Crippen LogP contribution in [0.4, 0.5) is 17.1 Å². The summed E-state index contributed by atoms with van der Waals surface area (Å²) in [6.45, 7) is 0. The molecule has 11 aromatic rings. The smallest absolute Gasteiger partial charge is 0.0546 e. The molecular formula is C60H41N. The number of anilines is 3. The van der Waals surface area contributed by atoms with E-state index in [1.54, 1.807) is 0 Å². The SMILES string of the molecule is c1ccc(-c2cc(-c3ccccc3)cc(-c3ccc(-c4ccccc4)cc3N(c3ccc(-c4cccc5ccccc45)cc3)c3cc4ccccc4c4ccccc34)c2)cc1. The van der Waals surface area contributed by atoms with Crippen molar-refractivity contribution in [3.63, 3.8) is 0 Å². The fourth-order valence-electron chi connectivity index (χ4n) is 9.04. The van der Waals surface area contributed by atoms with Gasteiger partial charge in [-0.05, 0) is 119 Å². The molecule has 11 aromatic carbocycles. The van der Waals surface area contributed by atoms with Gasteiger partial charge in [0.2, 0.25) is 0 Å². The van der Waals surface area contributed by atoms with Crippen LogP contribution in [-0.2, 0) is 0 Å². The van der Waals surface area contributed by atoms with E-state index in [-0.39, 0.29) is 0 Å². The van der Waals surface area contributed by atoms with Crippen molar-refractivity contribution in [1.82, 2.24) is 0 Å². The fourth-order valence-corrected chi connectivity index (χ4v) is 9.04. The third-order valence-electron chi connectivity index (χ3n) is 12.0. The van der Waals surface area contributed by atoms with Gasteiger partial charge in [0.05, 0.1) is 11.4 Å². The van der Waals surface area contributed by atoms with E-state index in [1.165, 1.54) is 71.3 Å². The predicted octanol–water partition coefficient (Wildman–Crippen LogP) is 17.0. The number of nitrogens with zero attached hydrogens (tertiary/aromatic N) is 1. The molecule has 0 amide bonds. The summed E-state index contributed by atoms with van der Waals surface area (Å²) in [4.78, 5) is 2.50. The van der Waals surface area contributed by atoms with Crippen LogP contribution in [0, 0.1) is 0 Å². The Labute approximate surface area is 357 Å². The maximum absolute atomic E-state index is 2.50. The molecule has 0 aliphatic carbocycles.